The number of hydrogen-bond donors (Lipinski definition) is 1. The van der Waals surface area contributed by atoms with Gasteiger partial charge < -0.3 is 5.32 Å². The minimum Gasteiger partial charge on any atom is -0.367 e. The number of pyridine rings is 1. The van der Waals surface area contributed by atoms with Gasteiger partial charge >= 0.3 is 0 Å². The molecule has 0 atom stereocenters. The predicted octanol–water partition coefficient (Wildman–Crippen LogP) is 3.20. The molecule has 5 nitrogen and oxygen atoms in total. The zero-order valence-electron chi connectivity index (χ0n) is 12.0. The van der Waals surface area contributed by atoms with E-state index in [0.29, 0.717) is 17.1 Å². The van der Waals surface area contributed by atoms with Crippen molar-refractivity contribution in [3.8, 4) is 5.69 Å². The summed E-state index contributed by atoms with van der Waals surface area (Å²) in [6.07, 6.45) is 8.41. The second-order valence-corrected chi connectivity index (χ2v) is 6.37. The predicted molar refractivity (Wildman–Crippen MR) is 88.9 cm³/mol. The molecule has 0 aliphatic heterocycles. The molecular formula is C16H16N4OS. The average Bonchev–Trinajstić information content (AvgIpc) is 3.20. The topological polar surface area (TPSA) is 59.8 Å². The summed E-state index contributed by atoms with van der Waals surface area (Å²) in [6.45, 7) is 0. The molecule has 0 amide bonds. The summed E-state index contributed by atoms with van der Waals surface area (Å²) in [6, 6.07) is 4.33. The van der Waals surface area contributed by atoms with Crippen LogP contribution in [-0.2, 0) is 0 Å². The largest absolute Gasteiger partial charge is 0.367 e. The molecule has 1 aliphatic rings. The summed E-state index contributed by atoms with van der Waals surface area (Å²) < 4.78 is 1.40. The molecule has 3 heterocycles. The third-order valence-corrected chi connectivity index (χ3v) is 4.89. The maximum atomic E-state index is 12.4. The first-order valence-electron chi connectivity index (χ1n) is 7.48. The fourth-order valence-electron chi connectivity index (χ4n) is 2.93. The van der Waals surface area contributed by atoms with Crippen molar-refractivity contribution in [3.05, 3.63) is 45.6 Å². The Morgan fingerprint density at radius 3 is 2.82 bits per heavy atom. The highest BCUT2D eigenvalue weighted by molar-refractivity contribution is 7.09. The second kappa shape index (κ2) is 5.53. The standard InChI is InChI=1S/C16H16N4OS/c21-16-14-10-22-9-11(14)7-18-20(16)13-5-6-15(17-8-13)19-12-3-1-2-4-12/h5-10,12H,1-4H2,(H,17,19). The van der Waals surface area contributed by atoms with Crippen molar-refractivity contribution in [1.82, 2.24) is 14.8 Å². The van der Waals surface area contributed by atoms with Gasteiger partial charge in [-0.15, -0.1) is 0 Å². The first-order valence-corrected chi connectivity index (χ1v) is 8.43. The van der Waals surface area contributed by atoms with Gasteiger partial charge in [-0.25, -0.2) is 4.98 Å². The Bertz CT molecular complexity index is 846. The van der Waals surface area contributed by atoms with Crippen LogP contribution in [0.4, 0.5) is 5.82 Å². The fourth-order valence-corrected chi connectivity index (χ4v) is 3.70. The van der Waals surface area contributed by atoms with E-state index in [0.717, 1.165) is 11.2 Å². The van der Waals surface area contributed by atoms with Crippen molar-refractivity contribution >= 4 is 27.9 Å². The van der Waals surface area contributed by atoms with E-state index in [2.05, 4.69) is 15.4 Å². The number of fused-ring (bicyclic) bond motifs is 1. The van der Waals surface area contributed by atoms with Gasteiger partial charge in [0.1, 0.15) is 5.82 Å². The van der Waals surface area contributed by atoms with E-state index in [-0.39, 0.29) is 5.56 Å². The minimum absolute atomic E-state index is 0.1000. The van der Waals surface area contributed by atoms with E-state index in [9.17, 15) is 4.79 Å². The zero-order chi connectivity index (χ0) is 14.9. The molecule has 112 valence electrons. The Morgan fingerprint density at radius 2 is 2.05 bits per heavy atom. The van der Waals surface area contributed by atoms with Crippen LogP contribution in [0.5, 0.6) is 0 Å². The first kappa shape index (κ1) is 13.5. The third kappa shape index (κ3) is 2.39. The van der Waals surface area contributed by atoms with Crippen LogP contribution < -0.4 is 10.9 Å². The smallest absolute Gasteiger partial charge is 0.280 e. The Kier molecular flexibility index (Phi) is 3.38. The van der Waals surface area contributed by atoms with Crippen molar-refractivity contribution in [3.63, 3.8) is 0 Å². The third-order valence-electron chi connectivity index (χ3n) is 4.13. The quantitative estimate of drug-likeness (QED) is 0.807. The monoisotopic (exact) mass is 312 g/mol. The normalized spacial score (nSPS) is 15.5. The number of aromatic nitrogens is 3. The molecule has 22 heavy (non-hydrogen) atoms. The van der Waals surface area contributed by atoms with E-state index in [4.69, 9.17) is 0 Å². The summed E-state index contributed by atoms with van der Waals surface area (Å²) in [7, 11) is 0. The lowest BCUT2D eigenvalue weighted by molar-refractivity contribution is 0.749. The van der Waals surface area contributed by atoms with Crippen LogP contribution in [0.2, 0.25) is 0 Å². The number of hydrogen-bond acceptors (Lipinski definition) is 5. The van der Waals surface area contributed by atoms with Crippen LogP contribution in [0.1, 0.15) is 25.7 Å². The number of thiophene rings is 1. The van der Waals surface area contributed by atoms with Gasteiger partial charge in [0.2, 0.25) is 0 Å². The molecule has 1 saturated carbocycles. The van der Waals surface area contributed by atoms with Gasteiger partial charge in [0, 0.05) is 22.2 Å². The van der Waals surface area contributed by atoms with Crippen LogP contribution in [0.15, 0.2) is 40.1 Å². The SMILES string of the molecule is O=c1c2cscc2cnn1-c1ccc(NC2CCCC2)nc1. The first-order chi connectivity index (χ1) is 10.8. The van der Waals surface area contributed by atoms with Gasteiger partial charge in [0.25, 0.3) is 5.56 Å². The van der Waals surface area contributed by atoms with E-state index in [1.165, 1.54) is 41.7 Å². The zero-order valence-corrected chi connectivity index (χ0v) is 12.8. The van der Waals surface area contributed by atoms with Gasteiger partial charge in [0.05, 0.1) is 23.5 Å². The molecule has 0 radical (unpaired) electrons. The van der Waals surface area contributed by atoms with E-state index in [1.807, 2.05) is 22.9 Å². The Hall–Kier alpha value is -2.21. The van der Waals surface area contributed by atoms with Crippen LogP contribution in [0, 0.1) is 0 Å². The second-order valence-electron chi connectivity index (χ2n) is 5.63. The van der Waals surface area contributed by atoms with E-state index >= 15 is 0 Å². The number of rotatable bonds is 3. The van der Waals surface area contributed by atoms with Crippen molar-refractivity contribution in [2.75, 3.05) is 5.32 Å². The Balaban J connectivity index is 1.63. The van der Waals surface area contributed by atoms with Crippen LogP contribution in [0.3, 0.4) is 0 Å². The molecule has 0 spiro atoms. The molecule has 0 saturated heterocycles. The average molecular weight is 312 g/mol. The lowest BCUT2D eigenvalue weighted by Crippen LogP contribution is -2.21. The highest BCUT2D eigenvalue weighted by Crippen LogP contribution is 2.21. The van der Waals surface area contributed by atoms with Gasteiger partial charge in [-0.05, 0) is 25.0 Å². The minimum atomic E-state index is -0.1000. The van der Waals surface area contributed by atoms with Crippen molar-refractivity contribution in [1.29, 1.82) is 0 Å². The van der Waals surface area contributed by atoms with Crippen LogP contribution >= 0.6 is 11.3 Å². The number of nitrogens with one attached hydrogen (secondary N) is 1. The molecular weight excluding hydrogens is 296 g/mol. The molecule has 1 N–H and O–H groups in total. The molecule has 1 aliphatic carbocycles. The lowest BCUT2D eigenvalue weighted by atomic mass is 10.2. The van der Waals surface area contributed by atoms with Gasteiger partial charge in [0.15, 0.2) is 0 Å². The summed E-state index contributed by atoms with van der Waals surface area (Å²) in [5, 5.41) is 13.1. The lowest BCUT2D eigenvalue weighted by Gasteiger charge is -2.12. The Morgan fingerprint density at radius 1 is 1.18 bits per heavy atom. The van der Waals surface area contributed by atoms with E-state index in [1.54, 1.807) is 12.4 Å². The highest BCUT2D eigenvalue weighted by atomic mass is 32.1. The molecule has 3 aromatic heterocycles. The van der Waals surface area contributed by atoms with Gasteiger partial charge in [-0.3, -0.25) is 4.79 Å². The van der Waals surface area contributed by atoms with Crippen molar-refractivity contribution < 1.29 is 0 Å². The van der Waals surface area contributed by atoms with Gasteiger partial charge in [-0.1, -0.05) is 12.8 Å². The molecule has 0 aromatic carbocycles. The van der Waals surface area contributed by atoms with Crippen LogP contribution in [0.25, 0.3) is 16.5 Å². The molecule has 3 aromatic rings. The van der Waals surface area contributed by atoms with Crippen LogP contribution in [-0.4, -0.2) is 20.8 Å². The molecule has 0 unspecified atom stereocenters. The van der Waals surface area contributed by atoms with E-state index < -0.39 is 0 Å². The maximum absolute atomic E-state index is 12.4. The van der Waals surface area contributed by atoms with Gasteiger partial charge in [-0.2, -0.15) is 21.1 Å². The molecule has 0 bridgehead atoms. The molecule has 1 fully saturated rings. The fraction of sp³-hybridized carbons (Fsp3) is 0.312. The number of nitrogens with zero attached hydrogens (tertiary/aromatic N) is 3. The van der Waals surface area contributed by atoms with Crippen molar-refractivity contribution in [2.45, 2.75) is 31.7 Å². The Labute approximate surface area is 131 Å². The molecule has 4 rings (SSSR count). The highest BCUT2D eigenvalue weighted by Gasteiger charge is 2.15. The van der Waals surface area contributed by atoms with Crippen molar-refractivity contribution in [2.24, 2.45) is 0 Å². The summed E-state index contributed by atoms with van der Waals surface area (Å²) in [5.41, 5.74) is 0.590. The summed E-state index contributed by atoms with van der Waals surface area (Å²) >= 11 is 1.51. The maximum Gasteiger partial charge on any atom is 0.280 e. The number of anilines is 1. The molecule has 6 heteroatoms. The summed E-state index contributed by atoms with van der Waals surface area (Å²) in [4.78, 5) is 16.8. The summed E-state index contributed by atoms with van der Waals surface area (Å²) in [5.74, 6) is 0.861.